The molecule has 5 aromatic rings. The Morgan fingerprint density at radius 2 is 2.00 bits per heavy atom. The van der Waals surface area contributed by atoms with Crippen LogP contribution in [0.5, 0.6) is 0 Å². The molecule has 5 rings (SSSR count). The van der Waals surface area contributed by atoms with Crippen molar-refractivity contribution in [2.24, 2.45) is 0 Å². The molecule has 0 bridgehead atoms. The fraction of sp³-hybridized carbons (Fsp3) is 0. The van der Waals surface area contributed by atoms with Crippen molar-refractivity contribution in [1.82, 2.24) is 29.9 Å². The molecule has 1 amide bonds. The van der Waals surface area contributed by atoms with Crippen LogP contribution < -0.4 is 10.6 Å². The molecule has 0 radical (unpaired) electrons. The van der Waals surface area contributed by atoms with E-state index in [0.717, 1.165) is 23.5 Å². The Balaban J connectivity index is 1.53. The molecule has 0 aliphatic carbocycles. The number of imidazole rings is 1. The van der Waals surface area contributed by atoms with Gasteiger partial charge in [-0.3, -0.25) is 9.78 Å². The smallest absolute Gasteiger partial charge is 0.267 e. The van der Waals surface area contributed by atoms with Crippen molar-refractivity contribution in [1.29, 1.82) is 0 Å². The van der Waals surface area contributed by atoms with Crippen LogP contribution in [0, 0.1) is 11.6 Å². The summed E-state index contributed by atoms with van der Waals surface area (Å²) in [5.41, 5.74) is 2.74. The van der Waals surface area contributed by atoms with Gasteiger partial charge in [0, 0.05) is 11.8 Å². The van der Waals surface area contributed by atoms with Gasteiger partial charge in [0.1, 0.15) is 39.7 Å². The Morgan fingerprint density at radius 3 is 2.84 bits per heavy atom. The van der Waals surface area contributed by atoms with Gasteiger partial charge in [-0.2, -0.15) is 0 Å². The van der Waals surface area contributed by atoms with Gasteiger partial charge < -0.3 is 15.6 Å². The first-order chi connectivity index (χ1) is 15.6. The predicted molar refractivity (Wildman–Crippen MR) is 115 cm³/mol. The van der Waals surface area contributed by atoms with Crippen LogP contribution in [0.15, 0.2) is 54.8 Å². The third kappa shape index (κ3) is 3.52. The summed E-state index contributed by atoms with van der Waals surface area (Å²) in [5, 5.41) is 5.12. The number of nitrogens with zero attached hydrogens (tertiary/aromatic N) is 5. The zero-order valence-corrected chi connectivity index (χ0v) is 16.8. The summed E-state index contributed by atoms with van der Waals surface area (Å²) in [6, 6.07) is 5.56. The molecule has 0 aliphatic rings. The monoisotopic (exact) mass is 450 g/mol. The molecule has 3 N–H and O–H groups in total. The maximum absolute atomic E-state index is 15.2. The Labute approximate surface area is 182 Å². The van der Waals surface area contributed by atoms with Crippen molar-refractivity contribution in [3.8, 4) is 11.3 Å². The van der Waals surface area contributed by atoms with E-state index in [0.29, 0.717) is 27.3 Å². The third-order valence-corrected chi connectivity index (χ3v) is 5.30. The lowest BCUT2D eigenvalue weighted by atomic mass is 10.1. The van der Waals surface area contributed by atoms with Gasteiger partial charge in [0.05, 0.1) is 23.7 Å². The molecule has 0 fully saturated rings. The number of pyridine rings is 1. The number of thiazole rings is 1. The summed E-state index contributed by atoms with van der Waals surface area (Å²) in [7, 11) is 0. The topological polar surface area (TPSA) is 121 Å². The van der Waals surface area contributed by atoms with Gasteiger partial charge in [-0.15, -0.1) is 11.3 Å². The van der Waals surface area contributed by atoms with E-state index in [1.165, 1.54) is 30.6 Å². The summed E-state index contributed by atoms with van der Waals surface area (Å²) in [4.78, 5) is 36.0. The van der Waals surface area contributed by atoms with Crippen LogP contribution in [-0.4, -0.2) is 35.8 Å². The van der Waals surface area contributed by atoms with Gasteiger partial charge in [-0.25, -0.2) is 28.7 Å². The number of rotatable bonds is 5. The zero-order chi connectivity index (χ0) is 22.1. The highest BCUT2D eigenvalue weighted by atomic mass is 32.1. The average Bonchev–Trinajstić information content (AvgIpc) is 3.51. The van der Waals surface area contributed by atoms with E-state index in [-0.39, 0.29) is 11.5 Å². The molecule has 0 saturated carbocycles. The number of fused-ring (bicyclic) bond motifs is 1. The van der Waals surface area contributed by atoms with Gasteiger partial charge in [0.2, 0.25) is 0 Å². The van der Waals surface area contributed by atoms with Crippen molar-refractivity contribution >= 4 is 45.6 Å². The number of nitrogens with one attached hydrogen (secondary N) is 3. The maximum Gasteiger partial charge on any atom is 0.267 e. The van der Waals surface area contributed by atoms with Crippen LogP contribution in [0.4, 0.5) is 26.0 Å². The van der Waals surface area contributed by atoms with E-state index in [4.69, 9.17) is 0 Å². The summed E-state index contributed by atoms with van der Waals surface area (Å²) < 4.78 is 29.7. The van der Waals surface area contributed by atoms with Crippen LogP contribution in [0.2, 0.25) is 0 Å². The number of amides is 1. The molecule has 0 aliphatic heterocycles. The number of benzene rings is 1. The summed E-state index contributed by atoms with van der Waals surface area (Å²) in [6.07, 6.45) is 5.65. The first-order valence-electron chi connectivity index (χ1n) is 9.16. The number of H-pyrrole nitrogens is 1. The summed E-state index contributed by atoms with van der Waals surface area (Å²) in [6.45, 7) is 0. The van der Waals surface area contributed by atoms with Crippen LogP contribution in [0.1, 0.15) is 9.67 Å². The van der Waals surface area contributed by atoms with Crippen molar-refractivity contribution in [3.05, 3.63) is 71.3 Å². The second-order valence-corrected chi connectivity index (χ2v) is 7.34. The van der Waals surface area contributed by atoms with Gasteiger partial charge in [-0.05, 0) is 24.3 Å². The number of hydrogen-bond donors (Lipinski definition) is 3. The molecular formula is C20H12F2N8OS. The van der Waals surface area contributed by atoms with Crippen LogP contribution in [-0.2, 0) is 0 Å². The average molecular weight is 450 g/mol. The van der Waals surface area contributed by atoms with E-state index < -0.39 is 23.2 Å². The number of halogens is 2. The third-order valence-electron chi connectivity index (χ3n) is 4.52. The van der Waals surface area contributed by atoms with E-state index in [1.807, 2.05) is 0 Å². The lowest BCUT2D eigenvalue weighted by molar-refractivity contribution is 0.103. The van der Waals surface area contributed by atoms with Crippen molar-refractivity contribution in [2.75, 3.05) is 10.6 Å². The van der Waals surface area contributed by atoms with E-state index in [2.05, 4.69) is 40.5 Å². The second kappa shape index (κ2) is 8.07. The Bertz CT molecular complexity index is 1440. The zero-order valence-electron chi connectivity index (χ0n) is 16.0. The standard InChI is InChI=1S/C20H12F2N8OS/c21-11-3-4-12(29-20(31)13-6-23-9-32-13)14(22)16(11)30-18-10(2-1-5-24-18)15-17-19(27-7-25-15)28-8-26-17/h1-9H,(H,24,30)(H,29,31)(H,25,26,27,28). The molecule has 4 heterocycles. The second-order valence-electron chi connectivity index (χ2n) is 6.45. The lowest BCUT2D eigenvalue weighted by Crippen LogP contribution is -2.13. The predicted octanol–water partition coefficient (Wildman–Crippen LogP) is 4.15. The quantitative estimate of drug-likeness (QED) is 0.368. The fourth-order valence-electron chi connectivity index (χ4n) is 3.06. The van der Waals surface area contributed by atoms with E-state index in [9.17, 15) is 9.18 Å². The molecule has 158 valence electrons. The fourth-order valence-corrected chi connectivity index (χ4v) is 3.57. The molecule has 9 nitrogen and oxygen atoms in total. The summed E-state index contributed by atoms with van der Waals surface area (Å²) >= 11 is 1.10. The van der Waals surface area contributed by atoms with Crippen LogP contribution >= 0.6 is 11.3 Å². The summed E-state index contributed by atoms with van der Waals surface area (Å²) in [5.74, 6) is -2.23. The lowest BCUT2D eigenvalue weighted by Gasteiger charge is -2.14. The van der Waals surface area contributed by atoms with Crippen molar-refractivity contribution in [3.63, 3.8) is 0 Å². The first kappa shape index (κ1) is 19.6. The number of aromatic amines is 1. The Hall–Kier alpha value is -4.32. The van der Waals surface area contributed by atoms with Gasteiger partial charge in [0.25, 0.3) is 5.91 Å². The highest BCUT2D eigenvalue weighted by molar-refractivity contribution is 7.11. The highest BCUT2D eigenvalue weighted by Crippen LogP contribution is 2.33. The van der Waals surface area contributed by atoms with Gasteiger partial charge in [-0.1, -0.05) is 0 Å². The van der Waals surface area contributed by atoms with E-state index in [1.54, 1.807) is 12.1 Å². The molecule has 12 heteroatoms. The molecule has 1 aromatic carbocycles. The van der Waals surface area contributed by atoms with Crippen molar-refractivity contribution < 1.29 is 13.6 Å². The maximum atomic E-state index is 15.2. The minimum absolute atomic E-state index is 0.158. The molecule has 0 spiro atoms. The molecule has 4 aromatic heterocycles. The highest BCUT2D eigenvalue weighted by Gasteiger charge is 2.20. The Kier molecular flexibility index (Phi) is 4.95. The SMILES string of the molecule is O=C(Nc1ccc(F)c(Nc2ncccc2-c2ncnc3nc[nH]c23)c1F)c1cncs1. The minimum Gasteiger partial charge on any atom is -0.341 e. The first-order valence-corrected chi connectivity index (χ1v) is 10.0. The Morgan fingerprint density at radius 1 is 1.09 bits per heavy atom. The number of carbonyl (C=O) groups excluding carboxylic acids is 1. The van der Waals surface area contributed by atoms with Gasteiger partial charge >= 0.3 is 0 Å². The minimum atomic E-state index is -0.978. The largest absolute Gasteiger partial charge is 0.341 e. The van der Waals surface area contributed by atoms with Gasteiger partial charge in [0.15, 0.2) is 11.5 Å². The number of anilines is 3. The van der Waals surface area contributed by atoms with Crippen LogP contribution in [0.3, 0.4) is 0 Å². The normalized spacial score (nSPS) is 10.9. The molecule has 32 heavy (non-hydrogen) atoms. The number of aromatic nitrogens is 6. The van der Waals surface area contributed by atoms with E-state index >= 15 is 4.39 Å². The van der Waals surface area contributed by atoms with Crippen molar-refractivity contribution in [2.45, 2.75) is 0 Å². The number of hydrogen-bond acceptors (Lipinski definition) is 8. The molecular weight excluding hydrogens is 438 g/mol. The number of carbonyl (C=O) groups is 1. The van der Waals surface area contributed by atoms with Crippen LogP contribution in [0.25, 0.3) is 22.4 Å². The molecule has 0 unspecified atom stereocenters. The molecule has 0 atom stereocenters. The molecule has 0 saturated heterocycles.